The Kier molecular flexibility index (Phi) is 5.31. The van der Waals surface area contributed by atoms with Crippen molar-refractivity contribution < 1.29 is 14.4 Å². The number of Topliss-reactive ketones (excluding diaryl/α,β-unsaturated/α-hetero) is 1. The summed E-state index contributed by atoms with van der Waals surface area (Å²) in [4.78, 5) is 38.0. The Morgan fingerprint density at radius 1 is 0.923 bits per heavy atom. The summed E-state index contributed by atoms with van der Waals surface area (Å²) in [6.45, 7) is 2.04. The van der Waals surface area contributed by atoms with Crippen molar-refractivity contribution in [3.8, 4) is 0 Å². The van der Waals surface area contributed by atoms with Crippen LogP contribution in [-0.2, 0) is 4.79 Å². The van der Waals surface area contributed by atoms with E-state index in [9.17, 15) is 14.4 Å². The average molecular weight is 351 g/mol. The Morgan fingerprint density at radius 3 is 2.23 bits per heavy atom. The van der Waals surface area contributed by atoms with Crippen molar-refractivity contribution >= 4 is 29.1 Å². The highest BCUT2D eigenvalue weighted by Crippen LogP contribution is 2.21. The van der Waals surface area contributed by atoms with Crippen LogP contribution in [0.4, 0.5) is 16.2 Å². The molecular formula is C20H21N3O3. The number of para-hydroxylation sites is 1. The van der Waals surface area contributed by atoms with Crippen molar-refractivity contribution in [1.29, 1.82) is 0 Å². The molecule has 0 bridgehead atoms. The third-order valence-electron chi connectivity index (χ3n) is 4.40. The first-order chi connectivity index (χ1) is 12.5. The summed E-state index contributed by atoms with van der Waals surface area (Å²) in [5.41, 5.74) is 1.89. The molecule has 3 amide bonds. The summed E-state index contributed by atoms with van der Waals surface area (Å²) in [7, 11) is 0. The van der Waals surface area contributed by atoms with Gasteiger partial charge in [0.15, 0.2) is 5.78 Å². The van der Waals surface area contributed by atoms with Gasteiger partial charge in [-0.25, -0.2) is 4.79 Å². The van der Waals surface area contributed by atoms with Crippen LogP contribution in [0.25, 0.3) is 0 Å². The lowest BCUT2D eigenvalue weighted by Gasteiger charge is -2.24. The molecule has 1 aliphatic rings. The minimum Gasteiger partial charge on any atom is -0.324 e. The fourth-order valence-corrected chi connectivity index (χ4v) is 3.01. The monoisotopic (exact) mass is 351 g/mol. The van der Waals surface area contributed by atoms with Gasteiger partial charge in [0.25, 0.3) is 0 Å². The fourth-order valence-electron chi connectivity index (χ4n) is 3.01. The largest absolute Gasteiger partial charge is 0.324 e. The molecule has 1 atom stereocenters. The second-order valence-corrected chi connectivity index (χ2v) is 6.27. The summed E-state index contributed by atoms with van der Waals surface area (Å²) in [5, 5.41) is 5.65. The Labute approximate surface area is 152 Å². The van der Waals surface area contributed by atoms with Gasteiger partial charge in [0.2, 0.25) is 5.91 Å². The molecule has 2 N–H and O–H groups in total. The summed E-state index contributed by atoms with van der Waals surface area (Å²) in [6, 6.07) is 15.1. The van der Waals surface area contributed by atoms with Crippen LogP contribution in [0.15, 0.2) is 54.6 Å². The number of hydrogen-bond acceptors (Lipinski definition) is 3. The minimum absolute atomic E-state index is 0.0255. The van der Waals surface area contributed by atoms with Crippen molar-refractivity contribution in [2.45, 2.75) is 25.8 Å². The molecule has 1 saturated heterocycles. The van der Waals surface area contributed by atoms with Crippen LogP contribution in [0, 0.1) is 0 Å². The molecule has 0 unspecified atom stereocenters. The van der Waals surface area contributed by atoms with Crippen LogP contribution < -0.4 is 10.6 Å². The molecule has 3 rings (SSSR count). The molecule has 0 radical (unpaired) electrons. The van der Waals surface area contributed by atoms with E-state index in [0.29, 0.717) is 29.9 Å². The van der Waals surface area contributed by atoms with Gasteiger partial charge in [0, 0.05) is 23.5 Å². The minimum atomic E-state index is -0.508. The summed E-state index contributed by atoms with van der Waals surface area (Å²) < 4.78 is 0. The van der Waals surface area contributed by atoms with Gasteiger partial charge in [-0.1, -0.05) is 18.2 Å². The molecule has 2 aromatic carbocycles. The molecule has 134 valence electrons. The van der Waals surface area contributed by atoms with Gasteiger partial charge in [-0.2, -0.15) is 0 Å². The zero-order valence-corrected chi connectivity index (χ0v) is 14.6. The Bertz CT molecular complexity index is 803. The zero-order valence-electron chi connectivity index (χ0n) is 14.6. The Morgan fingerprint density at radius 2 is 1.58 bits per heavy atom. The number of ketones is 1. The SMILES string of the molecule is CC(=O)c1ccc(NC(=O)[C@H]2CCCN2C(=O)Nc2ccccc2)cc1. The molecule has 0 aromatic heterocycles. The number of likely N-dealkylation sites (tertiary alicyclic amines) is 1. The predicted octanol–water partition coefficient (Wildman–Crippen LogP) is 3.52. The topological polar surface area (TPSA) is 78.5 Å². The highest BCUT2D eigenvalue weighted by Gasteiger charge is 2.34. The highest BCUT2D eigenvalue weighted by molar-refractivity contribution is 6.00. The molecule has 1 heterocycles. The van der Waals surface area contributed by atoms with Gasteiger partial charge < -0.3 is 15.5 Å². The smallest absolute Gasteiger partial charge is 0.322 e. The normalized spacial score (nSPS) is 16.2. The van der Waals surface area contributed by atoms with Gasteiger partial charge in [-0.15, -0.1) is 0 Å². The molecule has 1 aliphatic heterocycles. The molecule has 6 nitrogen and oxygen atoms in total. The standard InChI is InChI=1S/C20H21N3O3/c1-14(24)15-9-11-17(12-10-15)21-19(25)18-8-5-13-23(18)20(26)22-16-6-3-2-4-7-16/h2-4,6-7,9-12,18H,5,8,13H2,1H3,(H,21,25)(H,22,26)/t18-/m1/s1. The number of carbonyl (C=O) groups excluding carboxylic acids is 3. The van der Waals surface area contributed by atoms with E-state index in [1.165, 1.54) is 6.92 Å². The third kappa shape index (κ3) is 4.08. The van der Waals surface area contributed by atoms with Gasteiger partial charge in [0.1, 0.15) is 6.04 Å². The number of hydrogen-bond donors (Lipinski definition) is 2. The maximum Gasteiger partial charge on any atom is 0.322 e. The van der Waals surface area contributed by atoms with Crippen molar-refractivity contribution in [2.75, 3.05) is 17.2 Å². The maximum atomic E-state index is 12.6. The van der Waals surface area contributed by atoms with Gasteiger partial charge in [0.05, 0.1) is 0 Å². The number of rotatable bonds is 4. The third-order valence-corrected chi connectivity index (χ3v) is 4.40. The summed E-state index contributed by atoms with van der Waals surface area (Å²) in [6.07, 6.45) is 1.41. The first-order valence-corrected chi connectivity index (χ1v) is 8.59. The summed E-state index contributed by atoms with van der Waals surface area (Å²) >= 11 is 0. The van der Waals surface area contributed by atoms with Crippen LogP contribution in [-0.4, -0.2) is 35.2 Å². The number of nitrogens with one attached hydrogen (secondary N) is 2. The predicted molar refractivity (Wildman–Crippen MR) is 100 cm³/mol. The molecule has 1 fully saturated rings. The Hall–Kier alpha value is -3.15. The van der Waals surface area contributed by atoms with Crippen LogP contribution in [0.5, 0.6) is 0 Å². The first-order valence-electron chi connectivity index (χ1n) is 8.59. The van der Waals surface area contributed by atoms with Crippen molar-refractivity contribution in [1.82, 2.24) is 4.90 Å². The lowest BCUT2D eigenvalue weighted by molar-refractivity contribution is -0.119. The Balaban J connectivity index is 1.64. The van der Waals surface area contributed by atoms with E-state index in [-0.39, 0.29) is 17.7 Å². The van der Waals surface area contributed by atoms with E-state index in [0.717, 1.165) is 6.42 Å². The van der Waals surface area contributed by atoms with Crippen LogP contribution in [0.3, 0.4) is 0 Å². The highest BCUT2D eigenvalue weighted by atomic mass is 16.2. The lowest BCUT2D eigenvalue weighted by Crippen LogP contribution is -2.45. The number of amides is 3. The number of urea groups is 1. The van der Waals surface area contributed by atoms with Crippen LogP contribution in [0.2, 0.25) is 0 Å². The molecule has 6 heteroatoms. The number of carbonyl (C=O) groups is 3. The van der Waals surface area contributed by atoms with Crippen molar-refractivity contribution in [3.05, 3.63) is 60.2 Å². The fraction of sp³-hybridized carbons (Fsp3) is 0.250. The van der Waals surface area contributed by atoms with Crippen molar-refractivity contribution in [3.63, 3.8) is 0 Å². The van der Waals surface area contributed by atoms with Crippen LogP contribution >= 0.6 is 0 Å². The molecule has 0 saturated carbocycles. The lowest BCUT2D eigenvalue weighted by atomic mass is 10.1. The van der Waals surface area contributed by atoms with Gasteiger partial charge >= 0.3 is 6.03 Å². The zero-order chi connectivity index (χ0) is 18.5. The molecule has 0 spiro atoms. The number of nitrogens with zero attached hydrogens (tertiary/aromatic N) is 1. The average Bonchev–Trinajstić information content (AvgIpc) is 3.13. The van der Waals surface area contributed by atoms with E-state index >= 15 is 0 Å². The van der Waals surface area contributed by atoms with Crippen LogP contribution in [0.1, 0.15) is 30.1 Å². The number of anilines is 2. The van der Waals surface area contributed by atoms with E-state index in [1.807, 2.05) is 18.2 Å². The van der Waals surface area contributed by atoms with E-state index < -0.39 is 6.04 Å². The number of benzene rings is 2. The van der Waals surface area contributed by atoms with Gasteiger partial charge in [-0.05, 0) is 56.2 Å². The maximum absolute atomic E-state index is 12.6. The second-order valence-electron chi connectivity index (χ2n) is 6.27. The van der Waals surface area contributed by atoms with Gasteiger partial charge in [-0.3, -0.25) is 9.59 Å². The molecule has 0 aliphatic carbocycles. The van der Waals surface area contributed by atoms with E-state index in [1.54, 1.807) is 41.3 Å². The van der Waals surface area contributed by atoms with E-state index in [2.05, 4.69) is 10.6 Å². The molecule has 26 heavy (non-hydrogen) atoms. The molecule has 2 aromatic rings. The second kappa shape index (κ2) is 7.82. The van der Waals surface area contributed by atoms with Crippen molar-refractivity contribution in [2.24, 2.45) is 0 Å². The molecular weight excluding hydrogens is 330 g/mol. The quantitative estimate of drug-likeness (QED) is 0.827. The van der Waals surface area contributed by atoms with E-state index in [4.69, 9.17) is 0 Å². The summed E-state index contributed by atoms with van der Waals surface area (Å²) in [5.74, 6) is -0.247. The first kappa shape index (κ1) is 17.7.